The van der Waals surface area contributed by atoms with Crippen LogP contribution in [0.4, 0.5) is 0 Å². The topological polar surface area (TPSA) is 42.2 Å². The monoisotopic (exact) mass is 355 g/mol. The molecule has 0 saturated heterocycles. The number of ether oxygens (including phenoxy) is 2. The minimum absolute atomic E-state index is 0.344. The number of rotatable bonds is 7. The summed E-state index contributed by atoms with van der Waals surface area (Å²) in [5.41, 5.74) is 2.87. The summed E-state index contributed by atoms with van der Waals surface area (Å²) >= 11 is 0. The Bertz CT molecular complexity index is 941. The summed E-state index contributed by atoms with van der Waals surface area (Å²) in [4.78, 5) is 0. The zero-order chi connectivity index (χ0) is 18.5. The highest BCUT2D eigenvalue weighted by Gasteiger charge is 2.45. The summed E-state index contributed by atoms with van der Waals surface area (Å²) < 4.78 is 12.1. The molecule has 3 heteroatoms. The summed E-state index contributed by atoms with van der Waals surface area (Å²) in [5, 5.41) is 9.51. The van der Waals surface area contributed by atoms with Crippen LogP contribution in [0.3, 0.4) is 0 Å². The number of nitriles is 1. The Hall–Kier alpha value is -3.25. The molecule has 0 heterocycles. The lowest BCUT2D eigenvalue weighted by molar-refractivity contribution is 0.255. The third-order valence-corrected chi connectivity index (χ3v) is 4.93. The molecule has 0 aromatic heterocycles. The predicted octanol–water partition coefficient (Wildman–Crippen LogP) is 5.40. The van der Waals surface area contributed by atoms with Crippen molar-refractivity contribution in [2.24, 2.45) is 0 Å². The molecule has 1 saturated carbocycles. The van der Waals surface area contributed by atoms with Crippen LogP contribution in [0.1, 0.15) is 29.5 Å². The highest BCUT2D eigenvalue weighted by atomic mass is 16.5. The van der Waals surface area contributed by atoms with Gasteiger partial charge in [0.15, 0.2) is 11.5 Å². The van der Waals surface area contributed by atoms with E-state index in [4.69, 9.17) is 9.47 Å². The predicted molar refractivity (Wildman–Crippen MR) is 105 cm³/mol. The average molecular weight is 355 g/mol. The SMILES string of the molecule is N#CC1(c2ccc(OCc3ccccc3)c(OCc3ccccc3)c2)CC1. The van der Waals surface area contributed by atoms with Crippen LogP contribution >= 0.6 is 0 Å². The molecule has 0 aliphatic heterocycles. The molecule has 0 atom stereocenters. The first-order valence-corrected chi connectivity index (χ1v) is 9.18. The van der Waals surface area contributed by atoms with Crippen LogP contribution in [0.2, 0.25) is 0 Å². The van der Waals surface area contributed by atoms with Crippen LogP contribution in [-0.4, -0.2) is 0 Å². The van der Waals surface area contributed by atoms with E-state index in [1.165, 1.54) is 0 Å². The van der Waals surface area contributed by atoms with E-state index in [0.29, 0.717) is 24.7 Å². The van der Waals surface area contributed by atoms with Crippen molar-refractivity contribution in [1.82, 2.24) is 0 Å². The number of nitrogens with zero attached hydrogens (tertiary/aromatic N) is 1. The van der Waals surface area contributed by atoms with Crippen molar-refractivity contribution < 1.29 is 9.47 Å². The molecule has 0 N–H and O–H groups in total. The van der Waals surface area contributed by atoms with Crippen LogP contribution in [0.25, 0.3) is 0 Å². The molecule has 3 aromatic rings. The van der Waals surface area contributed by atoms with Gasteiger partial charge in [-0.2, -0.15) is 5.26 Å². The van der Waals surface area contributed by atoms with Crippen molar-refractivity contribution in [2.75, 3.05) is 0 Å². The minimum atomic E-state index is -0.344. The Morgan fingerprint density at radius 3 is 1.81 bits per heavy atom. The van der Waals surface area contributed by atoms with Gasteiger partial charge in [-0.15, -0.1) is 0 Å². The van der Waals surface area contributed by atoms with Gasteiger partial charge < -0.3 is 9.47 Å². The third-order valence-electron chi connectivity index (χ3n) is 4.93. The van der Waals surface area contributed by atoms with Crippen LogP contribution in [0.5, 0.6) is 11.5 Å². The van der Waals surface area contributed by atoms with Gasteiger partial charge in [0.1, 0.15) is 13.2 Å². The molecule has 0 radical (unpaired) electrons. The number of hydrogen-bond acceptors (Lipinski definition) is 3. The summed E-state index contributed by atoms with van der Waals surface area (Å²) in [6.07, 6.45) is 1.82. The molecular weight excluding hydrogens is 334 g/mol. The van der Waals surface area contributed by atoms with Crippen molar-refractivity contribution in [3.63, 3.8) is 0 Å². The van der Waals surface area contributed by atoms with E-state index >= 15 is 0 Å². The van der Waals surface area contributed by atoms with Gasteiger partial charge in [-0.25, -0.2) is 0 Å². The first-order chi connectivity index (χ1) is 13.3. The normalized spacial score (nSPS) is 14.2. The lowest BCUT2D eigenvalue weighted by Crippen LogP contribution is -2.05. The molecular formula is C24H21NO2. The van der Waals surface area contributed by atoms with Crippen molar-refractivity contribution in [3.05, 3.63) is 95.6 Å². The second kappa shape index (κ2) is 7.55. The molecule has 27 heavy (non-hydrogen) atoms. The highest BCUT2D eigenvalue weighted by molar-refractivity contribution is 5.49. The minimum Gasteiger partial charge on any atom is -0.485 e. The zero-order valence-electron chi connectivity index (χ0n) is 15.1. The first-order valence-electron chi connectivity index (χ1n) is 9.18. The molecule has 1 fully saturated rings. The Morgan fingerprint density at radius 1 is 0.741 bits per heavy atom. The molecule has 0 spiro atoms. The van der Waals surface area contributed by atoms with E-state index in [1.807, 2.05) is 78.9 Å². The lowest BCUT2D eigenvalue weighted by Gasteiger charge is -2.16. The van der Waals surface area contributed by atoms with Crippen LogP contribution < -0.4 is 9.47 Å². The van der Waals surface area contributed by atoms with E-state index in [2.05, 4.69) is 6.07 Å². The average Bonchev–Trinajstić information content (AvgIpc) is 3.54. The lowest BCUT2D eigenvalue weighted by atomic mass is 9.97. The van der Waals surface area contributed by atoms with Gasteiger partial charge in [0.25, 0.3) is 0 Å². The maximum absolute atomic E-state index is 9.51. The second-order valence-electron chi connectivity index (χ2n) is 6.90. The molecule has 1 aliphatic rings. The fraction of sp³-hybridized carbons (Fsp3) is 0.208. The molecule has 0 amide bonds. The molecule has 1 aliphatic carbocycles. The fourth-order valence-electron chi connectivity index (χ4n) is 3.10. The number of benzene rings is 3. The molecule has 4 rings (SSSR count). The van der Waals surface area contributed by atoms with Gasteiger partial charge in [0.05, 0.1) is 11.5 Å². The molecule has 134 valence electrons. The highest BCUT2D eigenvalue weighted by Crippen LogP contribution is 2.49. The van der Waals surface area contributed by atoms with Crippen LogP contribution in [-0.2, 0) is 18.6 Å². The Kier molecular flexibility index (Phi) is 4.80. The van der Waals surface area contributed by atoms with Crippen LogP contribution in [0.15, 0.2) is 78.9 Å². The van der Waals surface area contributed by atoms with Crippen molar-refractivity contribution in [3.8, 4) is 17.6 Å². The van der Waals surface area contributed by atoms with E-state index in [1.54, 1.807) is 0 Å². The zero-order valence-corrected chi connectivity index (χ0v) is 15.1. The van der Waals surface area contributed by atoms with Crippen LogP contribution in [0, 0.1) is 11.3 Å². The standard InChI is InChI=1S/C24H21NO2/c25-18-24(13-14-24)21-11-12-22(26-16-19-7-3-1-4-8-19)23(15-21)27-17-20-9-5-2-6-10-20/h1-12,15H,13-14,16-17H2. The maximum atomic E-state index is 9.51. The van der Waals surface area contributed by atoms with Crippen molar-refractivity contribution in [1.29, 1.82) is 5.26 Å². The van der Waals surface area contributed by atoms with Gasteiger partial charge in [-0.05, 0) is 41.7 Å². The Balaban J connectivity index is 1.56. The van der Waals surface area contributed by atoms with E-state index in [-0.39, 0.29) is 5.41 Å². The summed E-state index contributed by atoms with van der Waals surface area (Å²) in [7, 11) is 0. The smallest absolute Gasteiger partial charge is 0.162 e. The van der Waals surface area contributed by atoms with Gasteiger partial charge >= 0.3 is 0 Å². The third kappa shape index (κ3) is 3.96. The quantitative estimate of drug-likeness (QED) is 0.570. The molecule has 0 unspecified atom stereocenters. The maximum Gasteiger partial charge on any atom is 0.162 e. The van der Waals surface area contributed by atoms with Gasteiger partial charge in [0, 0.05) is 0 Å². The van der Waals surface area contributed by atoms with Crippen molar-refractivity contribution >= 4 is 0 Å². The largest absolute Gasteiger partial charge is 0.485 e. The van der Waals surface area contributed by atoms with Gasteiger partial charge in [-0.3, -0.25) is 0 Å². The fourth-order valence-corrected chi connectivity index (χ4v) is 3.10. The van der Waals surface area contributed by atoms with Gasteiger partial charge in [-0.1, -0.05) is 66.7 Å². The van der Waals surface area contributed by atoms with Crippen molar-refractivity contribution in [2.45, 2.75) is 31.5 Å². The number of hydrogen-bond donors (Lipinski definition) is 0. The van der Waals surface area contributed by atoms with Gasteiger partial charge in [0.2, 0.25) is 0 Å². The van der Waals surface area contributed by atoms with E-state index in [0.717, 1.165) is 29.5 Å². The van der Waals surface area contributed by atoms with E-state index in [9.17, 15) is 5.26 Å². The van der Waals surface area contributed by atoms with E-state index < -0.39 is 0 Å². The molecule has 3 nitrogen and oxygen atoms in total. The molecule has 3 aromatic carbocycles. The second-order valence-corrected chi connectivity index (χ2v) is 6.90. The molecule has 0 bridgehead atoms. The summed E-state index contributed by atoms with van der Waals surface area (Å²) in [5.74, 6) is 1.39. The first kappa shape index (κ1) is 17.2. The Labute approximate surface area is 159 Å². The Morgan fingerprint density at radius 2 is 1.30 bits per heavy atom. The summed E-state index contributed by atoms with van der Waals surface area (Å²) in [6.45, 7) is 0.941. The summed E-state index contributed by atoms with van der Waals surface area (Å²) in [6, 6.07) is 28.4.